The maximum Gasteiger partial charge on any atom is 0.227 e. The van der Waals surface area contributed by atoms with Crippen molar-refractivity contribution in [3.05, 3.63) is 53.2 Å². The molecule has 0 bridgehead atoms. The fourth-order valence-corrected chi connectivity index (χ4v) is 2.94. The van der Waals surface area contributed by atoms with Gasteiger partial charge < -0.3 is 9.42 Å². The zero-order valence-corrected chi connectivity index (χ0v) is 12.6. The average Bonchev–Trinajstić information content (AvgIpc) is 3.16. The Morgan fingerprint density at radius 2 is 2.32 bits per heavy atom. The zero-order chi connectivity index (χ0) is 15.5. The molecule has 1 aliphatic heterocycles. The number of amides is 1. The molecule has 1 aliphatic rings. The van der Waals surface area contributed by atoms with Crippen LogP contribution in [0, 0.1) is 5.82 Å². The van der Waals surface area contributed by atoms with Gasteiger partial charge in [0, 0.05) is 12.6 Å². The number of carbonyl (C=O) groups is 1. The number of aromatic nitrogens is 1. The number of carbonyl (C=O) groups excluding carboxylic acids is 1. The molecule has 0 N–H and O–H groups in total. The van der Waals surface area contributed by atoms with Crippen LogP contribution in [0.5, 0.6) is 0 Å². The number of hydrogen-bond acceptors (Lipinski definition) is 3. The van der Waals surface area contributed by atoms with Crippen LogP contribution in [-0.2, 0) is 17.6 Å². The Morgan fingerprint density at radius 1 is 1.45 bits per heavy atom. The van der Waals surface area contributed by atoms with Crippen LogP contribution < -0.4 is 0 Å². The van der Waals surface area contributed by atoms with E-state index < -0.39 is 0 Å². The molecule has 22 heavy (non-hydrogen) atoms. The second-order valence-corrected chi connectivity index (χ2v) is 5.63. The van der Waals surface area contributed by atoms with Gasteiger partial charge in [-0.05, 0) is 37.0 Å². The van der Waals surface area contributed by atoms with Gasteiger partial charge in [-0.2, -0.15) is 0 Å². The molecule has 0 aliphatic carbocycles. The number of halogens is 1. The molecule has 0 saturated carbocycles. The van der Waals surface area contributed by atoms with Gasteiger partial charge in [0.05, 0.1) is 18.2 Å². The number of benzene rings is 1. The lowest BCUT2D eigenvalue weighted by atomic mass is 10.1. The molecule has 2 aromatic rings. The van der Waals surface area contributed by atoms with Gasteiger partial charge in [-0.1, -0.05) is 24.2 Å². The summed E-state index contributed by atoms with van der Waals surface area (Å²) in [5.74, 6) is 0.440. The minimum absolute atomic E-state index is 0.00236. The number of aryl methyl sites for hydroxylation is 1. The third-order valence-corrected chi connectivity index (χ3v) is 4.09. The van der Waals surface area contributed by atoms with E-state index in [1.165, 1.54) is 12.1 Å². The second kappa shape index (κ2) is 6.30. The molecular weight excluding hydrogens is 283 g/mol. The van der Waals surface area contributed by atoms with E-state index in [1.807, 2.05) is 17.9 Å². The number of hydrogen-bond donors (Lipinski definition) is 0. The van der Waals surface area contributed by atoms with E-state index in [2.05, 4.69) is 5.16 Å². The first-order valence-corrected chi connectivity index (χ1v) is 7.66. The standard InChI is InChI=1S/C17H19FN2O2/c1-2-14-11-16(22-19-14)15-7-4-8-20(15)17(21)10-12-5-3-6-13(18)9-12/h3,5-6,9,11,15H,2,4,7-8,10H2,1H3/t15-/m0/s1. The van der Waals surface area contributed by atoms with Gasteiger partial charge in [-0.25, -0.2) is 4.39 Å². The lowest BCUT2D eigenvalue weighted by Gasteiger charge is -2.22. The monoisotopic (exact) mass is 302 g/mol. The fourth-order valence-electron chi connectivity index (χ4n) is 2.94. The molecule has 1 fully saturated rings. The van der Waals surface area contributed by atoms with Gasteiger partial charge in [-0.15, -0.1) is 0 Å². The maximum atomic E-state index is 13.2. The molecule has 3 rings (SSSR count). The fraction of sp³-hybridized carbons (Fsp3) is 0.412. The summed E-state index contributed by atoms with van der Waals surface area (Å²) in [5.41, 5.74) is 1.60. The van der Waals surface area contributed by atoms with Crippen molar-refractivity contribution in [1.29, 1.82) is 0 Å². The molecule has 1 saturated heterocycles. The molecule has 0 unspecified atom stereocenters. The Hall–Kier alpha value is -2.17. The van der Waals surface area contributed by atoms with E-state index >= 15 is 0 Å². The molecule has 4 nitrogen and oxygen atoms in total. The molecule has 5 heteroatoms. The van der Waals surface area contributed by atoms with Crippen molar-refractivity contribution < 1.29 is 13.7 Å². The van der Waals surface area contributed by atoms with E-state index in [9.17, 15) is 9.18 Å². The molecule has 1 aromatic carbocycles. The largest absolute Gasteiger partial charge is 0.359 e. The third-order valence-electron chi connectivity index (χ3n) is 4.09. The first-order valence-electron chi connectivity index (χ1n) is 7.66. The highest BCUT2D eigenvalue weighted by molar-refractivity contribution is 5.79. The zero-order valence-electron chi connectivity index (χ0n) is 12.6. The van der Waals surface area contributed by atoms with Crippen LogP contribution in [0.4, 0.5) is 4.39 Å². The van der Waals surface area contributed by atoms with Crippen molar-refractivity contribution >= 4 is 5.91 Å². The van der Waals surface area contributed by atoms with Gasteiger partial charge in [0.1, 0.15) is 5.82 Å². The first kappa shape index (κ1) is 14.8. The molecule has 1 amide bonds. The smallest absolute Gasteiger partial charge is 0.227 e. The van der Waals surface area contributed by atoms with Gasteiger partial charge >= 0.3 is 0 Å². The van der Waals surface area contributed by atoms with Gasteiger partial charge in [0.2, 0.25) is 5.91 Å². The number of likely N-dealkylation sites (tertiary alicyclic amines) is 1. The molecule has 2 heterocycles. The van der Waals surface area contributed by atoms with Gasteiger partial charge in [0.25, 0.3) is 0 Å². The summed E-state index contributed by atoms with van der Waals surface area (Å²) < 4.78 is 18.6. The van der Waals surface area contributed by atoms with Crippen LogP contribution >= 0.6 is 0 Å². The topological polar surface area (TPSA) is 46.3 Å². The second-order valence-electron chi connectivity index (χ2n) is 5.63. The molecular formula is C17H19FN2O2. The Bertz CT molecular complexity index is 668. The normalized spacial score (nSPS) is 17.9. The summed E-state index contributed by atoms with van der Waals surface area (Å²) in [5, 5.41) is 4.01. The predicted octanol–water partition coefficient (Wildman–Crippen LogP) is 3.28. The average molecular weight is 302 g/mol. The van der Waals surface area contributed by atoms with E-state index in [0.717, 1.165) is 30.7 Å². The van der Waals surface area contributed by atoms with Crippen molar-refractivity contribution in [2.45, 2.75) is 38.6 Å². The highest BCUT2D eigenvalue weighted by atomic mass is 19.1. The van der Waals surface area contributed by atoms with E-state index in [-0.39, 0.29) is 24.2 Å². The Morgan fingerprint density at radius 3 is 3.05 bits per heavy atom. The number of nitrogens with zero attached hydrogens (tertiary/aromatic N) is 2. The molecule has 1 aromatic heterocycles. The summed E-state index contributed by atoms with van der Waals surface area (Å²) in [4.78, 5) is 14.4. The van der Waals surface area contributed by atoms with E-state index in [0.29, 0.717) is 12.1 Å². The van der Waals surface area contributed by atoms with Crippen LogP contribution in [0.15, 0.2) is 34.9 Å². The highest BCUT2D eigenvalue weighted by Gasteiger charge is 2.32. The quantitative estimate of drug-likeness (QED) is 0.870. The van der Waals surface area contributed by atoms with Crippen molar-refractivity contribution in [2.24, 2.45) is 0 Å². The van der Waals surface area contributed by atoms with Crippen LogP contribution in [-0.4, -0.2) is 22.5 Å². The summed E-state index contributed by atoms with van der Waals surface area (Å²) in [6, 6.07) is 8.08. The maximum absolute atomic E-state index is 13.2. The third kappa shape index (κ3) is 3.03. The number of rotatable bonds is 4. The SMILES string of the molecule is CCc1cc([C@@H]2CCCN2C(=O)Cc2cccc(F)c2)on1. The summed E-state index contributed by atoms with van der Waals surface area (Å²) in [7, 11) is 0. The summed E-state index contributed by atoms with van der Waals surface area (Å²) in [6.45, 7) is 2.73. The van der Waals surface area contributed by atoms with Crippen LogP contribution in [0.3, 0.4) is 0 Å². The van der Waals surface area contributed by atoms with Gasteiger partial charge in [0.15, 0.2) is 5.76 Å². The summed E-state index contributed by atoms with van der Waals surface area (Å²) >= 11 is 0. The molecule has 0 radical (unpaired) electrons. The highest BCUT2D eigenvalue weighted by Crippen LogP contribution is 2.32. The van der Waals surface area contributed by atoms with E-state index in [4.69, 9.17) is 4.52 Å². The molecule has 116 valence electrons. The Labute approximate surface area is 128 Å². The minimum Gasteiger partial charge on any atom is -0.359 e. The van der Waals surface area contributed by atoms with Crippen LogP contribution in [0.1, 0.15) is 42.8 Å². The van der Waals surface area contributed by atoms with Crippen LogP contribution in [0.2, 0.25) is 0 Å². The lowest BCUT2D eigenvalue weighted by Crippen LogP contribution is -2.31. The lowest BCUT2D eigenvalue weighted by molar-refractivity contribution is -0.131. The Balaban J connectivity index is 1.73. The van der Waals surface area contributed by atoms with Crippen molar-refractivity contribution in [2.75, 3.05) is 6.54 Å². The molecule has 1 atom stereocenters. The molecule has 0 spiro atoms. The minimum atomic E-state index is -0.314. The van der Waals surface area contributed by atoms with Crippen molar-refractivity contribution in [3.63, 3.8) is 0 Å². The first-order chi connectivity index (χ1) is 10.7. The van der Waals surface area contributed by atoms with Crippen molar-refractivity contribution in [1.82, 2.24) is 10.1 Å². The van der Waals surface area contributed by atoms with E-state index in [1.54, 1.807) is 12.1 Å². The van der Waals surface area contributed by atoms with Gasteiger partial charge in [-0.3, -0.25) is 4.79 Å². The van der Waals surface area contributed by atoms with Crippen LogP contribution in [0.25, 0.3) is 0 Å². The summed E-state index contributed by atoms with van der Waals surface area (Å²) in [6.07, 6.45) is 2.85. The Kier molecular flexibility index (Phi) is 4.22. The predicted molar refractivity (Wildman–Crippen MR) is 79.7 cm³/mol. The van der Waals surface area contributed by atoms with Crippen molar-refractivity contribution in [3.8, 4) is 0 Å².